The number of halogens is 1. The molecule has 0 amide bonds. The first-order chi connectivity index (χ1) is 17.7. The highest BCUT2D eigenvalue weighted by molar-refractivity contribution is 7.19. The molecule has 37 heavy (non-hydrogen) atoms. The predicted molar refractivity (Wildman–Crippen MR) is 141 cm³/mol. The molecule has 2 fully saturated rings. The van der Waals surface area contributed by atoms with Crippen molar-refractivity contribution in [2.75, 3.05) is 11.4 Å². The molecule has 0 saturated carbocycles. The molecule has 2 aromatic carbocycles. The van der Waals surface area contributed by atoms with Crippen LogP contribution in [0.3, 0.4) is 0 Å². The summed E-state index contributed by atoms with van der Waals surface area (Å²) >= 11 is 8.00. The number of esters is 2. The van der Waals surface area contributed by atoms with E-state index in [1.807, 2.05) is 35.6 Å². The number of aliphatic hydroxyl groups excluding tert-OH is 1. The van der Waals surface area contributed by atoms with Crippen LogP contribution in [-0.4, -0.2) is 46.7 Å². The van der Waals surface area contributed by atoms with Gasteiger partial charge in [-0.25, -0.2) is 9.59 Å². The smallest absolute Gasteiger partial charge is 0.418 e. The summed E-state index contributed by atoms with van der Waals surface area (Å²) in [4.78, 5) is 30.6. The summed E-state index contributed by atoms with van der Waals surface area (Å²) in [5, 5.41) is 12.9. The maximum atomic E-state index is 11.7. The average molecular weight is 541 g/mol. The van der Waals surface area contributed by atoms with Gasteiger partial charge >= 0.3 is 17.9 Å². The van der Waals surface area contributed by atoms with Crippen LogP contribution in [0, 0.1) is 0 Å². The summed E-state index contributed by atoms with van der Waals surface area (Å²) in [6, 6.07) is 15.9. The molecule has 0 radical (unpaired) electrons. The first-order valence-corrected chi connectivity index (χ1v) is 13.3. The van der Waals surface area contributed by atoms with E-state index in [2.05, 4.69) is 28.9 Å². The standard InChI is InChI=1S/C27H25ClN2O6S/c1-14-10-17(22-11-16-6-7-18(28)12-23(16)37-22)8-9-30(14)24-13-19-20(29-24)4-3-5-21(19)34-27(15(2)31)35-25(32)26(33)36-27/h3-7,11-15,17,29,31H,8-10H2,1-2H3/t14-,15+,17-/m1/s1. The lowest BCUT2D eigenvalue weighted by atomic mass is 9.90. The summed E-state index contributed by atoms with van der Waals surface area (Å²) in [7, 11) is 0. The number of hydrogen-bond donors (Lipinski definition) is 2. The molecule has 4 aromatic rings. The van der Waals surface area contributed by atoms with Crippen molar-refractivity contribution in [1.82, 2.24) is 4.98 Å². The van der Waals surface area contributed by atoms with Gasteiger partial charge in [0.05, 0.1) is 5.52 Å². The number of cyclic esters (lactones) is 2. The lowest BCUT2D eigenvalue weighted by molar-refractivity contribution is -0.313. The Hall–Kier alpha value is -3.27. The number of thiophene rings is 1. The second-order valence-electron chi connectivity index (χ2n) is 9.63. The van der Waals surface area contributed by atoms with Crippen LogP contribution in [0.1, 0.15) is 37.5 Å². The van der Waals surface area contributed by atoms with Crippen LogP contribution in [-0.2, 0) is 19.1 Å². The van der Waals surface area contributed by atoms with Crippen molar-refractivity contribution in [3.8, 4) is 5.75 Å². The third-order valence-electron chi connectivity index (χ3n) is 7.10. The molecule has 10 heteroatoms. The van der Waals surface area contributed by atoms with Crippen LogP contribution in [0.2, 0.25) is 5.02 Å². The molecule has 2 N–H and O–H groups in total. The molecule has 6 rings (SSSR count). The lowest BCUT2D eigenvalue weighted by Gasteiger charge is -2.38. The Balaban J connectivity index is 1.24. The highest BCUT2D eigenvalue weighted by atomic mass is 35.5. The lowest BCUT2D eigenvalue weighted by Crippen LogP contribution is -2.47. The third-order valence-corrected chi connectivity index (χ3v) is 8.59. The van der Waals surface area contributed by atoms with Gasteiger partial charge in [-0.3, -0.25) is 0 Å². The second-order valence-corrected chi connectivity index (χ2v) is 11.2. The molecule has 0 aliphatic carbocycles. The molecule has 3 atom stereocenters. The fourth-order valence-electron chi connectivity index (χ4n) is 5.18. The van der Waals surface area contributed by atoms with Crippen molar-refractivity contribution in [2.24, 2.45) is 0 Å². The molecular weight excluding hydrogens is 516 g/mol. The van der Waals surface area contributed by atoms with Crippen molar-refractivity contribution in [1.29, 1.82) is 0 Å². The molecule has 0 bridgehead atoms. The number of hydrogen-bond acceptors (Lipinski definition) is 8. The number of aromatic nitrogens is 1. The summed E-state index contributed by atoms with van der Waals surface area (Å²) in [5.74, 6) is -2.91. The topological polar surface area (TPSA) is 101 Å². The molecule has 2 saturated heterocycles. The van der Waals surface area contributed by atoms with Crippen LogP contribution in [0.5, 0.6) is 5.75 Å². The quantitative estimate of drug-likeness (QED) is 0.261. The van der Waals surface area contributed by atoms with Gasteiger partial charge in [0.2, 0.25) is 0 Å². The zero-order valence-electron chi connectivity index (χ0n) is 20.2. The molecule has 8 nitrogen and oxygen atoms in total. The van der Waals surface area contributed by atoms with E-state index in [0.29, 0.717) is 17.1 Å². The molecule has 4 heterocycles. The van der Waals surface area contributed by atoms with Crippen LogP contribution < -0.4 is 9.64 Å². The van der Waals surface area contributed by atoms with Gasteiger partial charge in [-0.15, -0.1) is 11.3 Å². The summed E-state index contributed by atoms with van der Waals surface area (Å²) in [6.07, 6.45) is 0.623. The fourth-order valence-corrected chi connectivity index (χ4v) is 6.67. The van der Waals surface area contributed by atoms with Crippen LogP contribution in [0.25, 0.3) is 21.0 Å². The van der Waals surface area contributed by atoms with E-state index in [-0.39, 0.29) is 6.04 Å². The predicted octanol–water partition coefficient (Wildman–Crippen LogP) is 5.32. The van der Waals surface area contributed by atoms with Gasteiger partial charge in [-0.05, 0) is 74.4 Å². The molecule has 2 aliphatic heterocycles. The van der Waals surface area contributed by atoms with Crippen molar-refractivity contribution >= 4 is 61.7 Å². The molecular formula is C27H25ClN2O6S. The number of anilines is 1. The Bertz CT molecular complexity index is 1510. The number of piperidine rings is 1. The number of benzene rings is 2. The van der Waals surface area contributed by atoms with E-state index in [1.165, 1.54) is 21.9 Å². The molecule has 0 spiro atoms. The molecule has 192 valence electrons. The van der Waals surface area contributed by atoms with Crippen LogP contribution in [0.4, 0.5) is 5.82 Å². The normalized spacial score (nSPS) is 22.3. The van der Waals surface area contributed by atoms with Gasteiger partial charge in [-0.1, -0.05) is 23.7 Å². The van der Waals surface area contributed by atoms with E-state index in [4.69, 9.17) is 25.8 Å². The van der Waals surface area contributed by atoms with Gasteiger partial charge in [0.1, 0.15) is 11.6 Å². The number of carbonyl (C=O) groups excluding carboxylic acids is 2. The van der Waals surface area contributed by atoms with E-state index in [9.17, 15) is 14.7 Å². The SMILES string of the molecule is C[C@@H]1C[C@H](c2cc3ccc(Cl)cc3s2)CCN1c1cc2c(OC3([C@H](C)O)OC(=O)C(=O)O3)cccc2[nH]1. The van der Waals surface area contributed by atoms with Crippen LogP contribution >= 0.6 is 22.9 Å². The number of carbonyl (C=O) groups is 2. The van der Waals surface area contributed by atoms with Gasteiger partial charge in [0, 0.05) is 32.6 Å². The van der Waals surface area contributed by atoms with Gasteiger partial charge in [0.15, 0.2) is 6.10 Å². The number of H-pyrrole nitrogens is 1. The van der Waals surface area contributed by atoms with Gasteiger partial charge in [-0.2, -0.15) is 0 Å². The van der Waals surface area contributed by atoms with E-state index in [0.717, 1.165) is 35.7 Å². The number of aliphatic hydroxyl groups is 1. The third kappa shape index (κ3) is 4.21. The molecule has 0 unspecified atom stereocenters. The molecule has 2 aromatic heterocycles. The average Bonchev–Trinajstić information content (AvgIpc) is 3.55. The zero-order valence-corrected chi connectivity index (χ0v) is 21.8. The number of aromatic amines is 1. The Labute approximate surface area is 221 Å². The number of rotatable bonds is 5. The Morgan fingerprint density at radius 1 is 1.19 bits per heavy atom. The van der Waals surface area contributed by atoms with Crippen molar-refractivity contribution in [3.63, 3.8) is 0 Å². The highest BCUT2D eigenvalue weighted by Crippen LogP contribution is 2.41. The second kappa shape index (κ2) is 8.93. The first kappa shape index (κ1) is 24.1. The van der Waals surface area contributed by atoms with E-state index >= 15 is 0 Å². The zero-order chi connectivity index (χ0) is 25.9. The van der Waals surface area contributed by atoms with Crippen molar-refractivity contribution < 1.29 is 28.9 Å². The van der Waals surface area contributed by atoms with E-state index in [1.54, 1.807) is 12.1 Å². The maximum absolute atomic E-state index is 11.7. The maximum Gasteiger partial charge on any atom is 0.449 e. The van der Waals surface area contributed by atoms with E-state index < -0.39 is 24.0 Å². The Morgan fingerprint density at radius 2 is 1.97 bits per heavy atom. The van der Waals surface area contributed by atoms with Crippen LogP contribution in [0.15, 0.2) is 48.5 Å². The minimum Gasteiger partial charge on any atom is -0.418 e. The number of fused-ring (bicyclic) bond motifs is 2. The number of ether oxygens (including phenoxy) is 3. The van der Waals surface area contributed by atoms with Gasteiger partial charge < -0.3 is 29.2 Å². The minimum atomic E-state index is -2.22. The van der Waals surface area contributed by atoms with Gasteiger partial charge in [0.25, 0.3) is 0 Å². The summed E-state index contributed by atoms with van der Waals surface area (Å²) in [6.45, 7) is 4.42. The monoisotopic (exact) mass is 540 g/mol. The summed E-state index contributed by atoms with van der Waals surface area (Å²) in [5.41, 5.74) is 0.805. The number of nitrogens with one attached hydrogen (secondary N) is 1. The summed E-state index contributed by atoms with van der Waals surface area (Å²) < 4.78 is 17.0. The Morgan fingerprint density at radius 3 is 2.70 bits per heavy atom. The number of nitrogens with zero attached hydrogens (tertiary/aromatic N) is 1. The first-order valence-electron chi connectivity index (χ1n) is 12.1. The largest absolute Gasteiger partial charge is 0.449 e. The minimum absolute atomic E-state index is 0.283. The van der Waals surface area contributed by atoms with Crippen molar-refractivity contribution in [2.45, 2.75) is 50.7 Å². The van der Waals surface area contributed by atoms with Crippen molar-refractivity contribution in [3.05, 3.63) is 58.4 Å². The fraction of sp³-hybridized carbons (Fsp3) is 0.333. The molecule has 2 aliphatic rings. The Kier molecular flexibility index (Phi) is 5.82. The highest BCUT2D eigenvalue weighted by Gasteiger charge is 2.56.